The first-order valence-corrected chi connectivity index (χ1v) is 12.4. The van der Waals surface area contributed by atoms with Gasteiger partial charge in [-0.1, -0.05) is 30.3 Å². The van der Waals surface area contributed by atoms with Crippen LogP contribution in [0.5, 0.6) is 11.5 Å². The van der Waals surface area contributed by atoms with E-state index in [1.807, 2.05) is 31.2 Å². The molecule has 8 heteroatoms. The Morgan fingerprint density at radius 1 is 0.912 bits per heavy atom. The van der Waals surface area contributed by atoms with E-state index < -0.39 is 9.84 Å². The van der Waals surface area contributed by atoms with E-state index in [1.165, 1.54) is 0 Å². The summed E-state index contributed by atoms with van der Waals surface area (Å²) in [4.78, 5) is 4.53. The lowest BCUT2D eigenvalue weighted by Crippen LogP contribution is -2.09. The molecule has 7 nitrogen and oxygen atoms in total. The molecule has 176 valence electrons. The van der Waals surface area contributed by atoms with Crippen LogP contribution in [0.3, 0.4) is 0 Å². The maximum absolute atomic E-state index is 13.3. The molecule has 0 atom stereocenters. The minimum Gasteiger partial charge on any atom is -0.497 e. The van der Waals surface area contributed by atoms with Crippen LogP contribution in [-0.4, -0.2) is 33.7 Å². The van der Waals surface area contributed by atoms with Crippen molar-refractivity contribution >= 4 is 15.7 Å². The van der Waals surface area contributed by atoms with E-state index in [-0.39, 0.29) is 21.7 Å². The summed E-state index contributed by atoms with van der Waals surface area (Å²) in [5.41, 5.74) is 1.73. The number of oxazole rings is 1. The third-order valence-corrected chi connectivity index (χ3v) is 6.85. The van der Waals surface area contributed by atoms with Gasteiger partial charge in [0.1, 0.15) is 11.5 Å². The summed E-state index contributed by atoms with van der Waals surface area (Å²) >= 11 is 0. The Morgan fingerprint density at radius 3 is 2.24 bits per heavy atom. The number of aromatic nitrogens is 1. The van der Waals surface area contributed by atoms with Crippen LogP contribution in [0.4, 0.5) is 5.88 Å². The summed E-state index contributed by atoms with van der Waals surface area (Å²) in [6.07, 6.45) is 0.661. The Kier molecular flexibility index (Phi) is 7.18. The average Bonchev–Trinajstić information content (AvgIpc) is 3.31. The Bertz CT molecular complexity index is 1320. The van der Waals surface area contributed by atoms with E-state index in [2.05, 4.69) is 10.3 Å². The van der Waals surface area contributed by atoms with Crippen LogP contribution in [0.1, 0.15) is 12.5 Å². The lowest BCUT2D eigenvalue weighted by Gasteiger charge is -2.07. The molecule has 1 aromatic heterocycles. The van der Waals surface area contributed by atoms with Crippen molar-refractivity contribution in [3.05, 3.63) is 84.4 Å². The fourth-order valence-corrected chi connectivity index (χ4v) is 4.71. The Balaban J connectivity index is 1.62. The van der Waals surface area contributed by atoms with E-state index in [0.717, 1.165) is 11.3 Å². The number of sulfone groups is 1. The monoisotopic (exact) mass is 478 g/mol. The van der Waals surface area contributed by atoms with Crippen LogP contribution in [0.2, 0.25) is 0 Å². The van der Waals surface area contributed by atoms with Crippen LogP contribution in [0, 0.1) is 0 Å². The largest absolute Gasteiger partial charge is 0.497 e. The topological polar surface area (TPSA) is 90.7 Å². The molecule has 0 amide bonds. The van der Waals surface area contributed by atoms with Crippen LogP contribution in [0.15, 0.2) is 93.2 Å². The molecule has 34 heavy (non-hydrogen) atoms. The van der Waals surface area contributed by atoms with Crippen LogP contribution in [0.25, 0.3) is 11.5 Å². The minimum absolute atomic E-state index is 0.112. The van der Waals surface area contributed by atoms with Gasteiger partial charge in [-0.3, -0.25) is 0 Å². The van der Waals surface area contributed by atoms with Crippen LogP contribution >= 0.6 is 0 Å². The highest BCUT2D eigenvalue weighted by molar-refractivity contribution is 7.91. The lowest BCUT2D eigenvalue weighted by molar-refractivity contribution is 0.340. The van der Waals surface area contributed by atoms with E-state index in [4.69, 9.17) is 13.9 Å². The zero-order valence-corrected chi connectivity index (χ0v) is 19.8. The third kappa shape index (κ3) is 5.23. The van der Waals surface area contributed by atoms with Crippen molar-refractivity contribution in [2.75, 3.05) is 25.6 Å². The highest BCUT2D eigenvalue weighted by atomic mass is 32.2. The fourth-order valence-electron chi connectivity index (χ4n) is 3.41. The molecule has 0 saturated heterocycles. The molecule has 4 rings (SSSR count). The maximum Gasteiger partial charge on any atom is 0.233 e. The summed E-state index contributed by atoms with van der Waals surface area (Å²) in [5, 5.41) is 2.98. The van der Waals surface area contributed by atoms with Crippen LogP contribution < -0.4 is 14.8 Å². The molecular formula is C26H26N2O5S. The minimum atomic E-state index is -3.89. The Hall–Kier alpha value is -3.78. The van der Waals surface area contributed by atoms with Crippen molar-refractivity contribution in [1.29, 1.82) is 0 Å². The summed E-state index contributed by atoms with van der Waals surface area (Å²) in [6, 6.07) is 23.1. The van der Waals surface area contributed by atoms with Gasteiger partial charge in [0, 0.05) is 12.1 Å². The molecule has 0 aliphatic carbocycles. The van der Waals surface area contributed by atoms with Crippen molar-refractivity contribution < 1.29 is 22.3 Å². The normalized spacial score (nSPS) is 11.2. The first kappa shape index (κ1) is 23.4. The SMILES string of the molecule is CCOc1ccc(-c2nc(S(=O)(=O)c3ccccc3)c(NCCc3ccc(OC)cc3)o2)cc1. The van der Waals surface area contributed by atoms with Gasteiger partial charge in [-0.2, -0.15) is 4.98 Å². The van der Waals surface area contributed by atoms with Gasteiger partial charge in [-0.15, -0.1) is 0 Å². The first-order valence-electron chi connectivity index (χ1n) is 10.9. The highest BCUT2D eigenvalue weighted by Gasteiger charge is 2.28. The highest BCUT2D eigenvalue weighted by Crippen LogP contribution is 2.33. The zero-order chi connectivity index (χ0) is 24.0. The summed E-state index contributed by atoms with van der Waals surface area (Å²) in [6.45, 7) is 2.92. The molecule has 4 aromatic rings. The van der Waals surface area contributed by atoms with Gasteiger partial charge in [0.25, 0.3) is 0 Å². The zero-order valence-electron chi connectivity index (χ0n) is 19.0. The number of nitrogens with one attached hydrogen (secondary N) is 1. The molecule has 0 aliphatic heterocycles. The van der Waals surface area contributed by atoms with E-state index in [1.54, 1.807) is 61.7 Å². The predicted octanol–water partition coefficient (Wildman–Crippen LogP) is 5.24. The Morgan fingerprint density at radius 2 is 1.59 bits per heavy atom. The molecule has 0 aliphatic rings. The smallest absolute Gasteiger partial charge is 0.233 e. The first-order chi connectivity index (χ1) is 16.5. The third-order valence-electron chi connectivity index (χ3n) is 5.17. The van der Waals surface area contributed by atoms with E-state index >= 15 is 0 Å². The molecule has 0 bridgehead atoms. The molecule has 3 aromatic carbocycles. The van der Waals surface area contributed by atoms with Crippen molar-refractivity contribution in [1.82, 2.24) is 4.98 Å². The number of hydrogen-bond donors (Lipinski definition) is 1. The van der Waals surface area contributed by atoms with Gasteiger partial charge >= 0.3 is 0 Å². The molecule has 0 unspecified atom stereocenters. The van der Waals surface area contributed by atoms with Gasteiger partial charge in [-0.25, -0.2) is 8.42 Å². The van der Waals surface area contributed by atoms with Crippen molar-refractivity contribution in [2.24, 2.45) is 0 Å². The quantitative estimate of drug-likeness (QED) is 0.333. The predicted molar refractivity (Wildman–Crippen MR) is 130 cm³/mol. The van der Waals surface area contributed by atoms with Gasteiger partial charge in [0.15, 0.2) is 0 Å². The second kappa shape index (κ2) is 10.4. The van der Waals surface area contributed by atoms with Gasteiger partial charge in [0.05, 0.1) is 18.6 Å². The fraction of sp³-hybridized carbons (Fsp3) is 0.192. The Labute approximate surface area is 199 Å². The number of methoxy groups -OCH3 is 1. The second-order valence-electron chi connectivity index (χ2n) is 7.45. The van der Waals surface area contributed by atoms with Crippen LogP contribution in [-0.2, 0) is 16.3 Å². The maximum atomic E-state index is 13.3. The number of hydrogen-bond acceptors (Lipinski definition) is 7. The number of benzene rings is 3. The van der Waals surface area contributed by atoms with Gasteiger partial charge in [0.2, 0.25) is 26.6 Å². The summed E-state index contributed by atoms with van der Waals surface area (Å²) < 4.78 is 43.3. The number of ether oxygens (including phenoxy) is 2. The molecule has 0 fully saturated rings. The number of nitrogens with zero attached hydrogens (tertiary/aromatic N) is 1. The van der Waals surface area contributed by atoms with Crippen molar-refractivity contribution in [3.63, 3.8) is 0 Å². The summed E-state index contributed by atoms with van der Waals surface area (Å²) in [7, 11) is -2.26. The molecule has 1 N–H and O–H groups in total. The second-order valence-corrected chi connectivity index (χ2v) is 9.32. The molecule has 1 heterocycles. The molecule has 0 radical (unpaired) electrons. The molecule has 0 spiro atoms. The lowest BCUT2D eigenvalue weighted by atomic mass is 10.1. The van der Waals surface area contributed by atoms with E-state index in [9.17, 15) is 8.42 Å². The average molecular weight is 479 g/mol. The summed E-state index contributed by atoms with van der Waals surface area (Å²) in [5.74, 6) is 1.82. The number of rotatable bonds is 10. The van der Waals surface area contributed by atoms with Crippen molar-refractivity contribution in [3.8, 4) is 23.0 Å². The van der Waals surface area contributed by atoms with Gasteiger partial charge < -0.3 is 19.2 Å². The van der Waals surface area contributed by atoms with E-state index in [0.29, 0.717) is 30.9 Å². The van der Waals surface area contributed by atoms with Crippen molar-refractivity contribution in [2.45, 2.75) is 23.3 Å². The standard InChI is InChI=1S/C26H26N2O5S/c1-3-32-22-15-11-20(12-16-22)24-28-26(34(29,30)23-7-5-4-6-8-23)25(33-24)27-18-17-19-9-13-21(31-2)14-10-19/h4-16,27H,3,17-18H2,1-2H3. The van der Waals surface area contributed by atoms with Gasteiger partial charge in [-0.05, 0) is 67.4 Å². The molecule has 0 saturated carbocycles. The number of anilines is 1. The molecular weight excluding hydrogens is 452 g/mol.